The third-order valence-corrected chi connectivity index (χ3v) is 4.39. The zero-order chi connectivity index (χ0) is 19.9. The number of amides is 1. The number of benzene rings is 1. The molecule has 0 aliphatic carbocycles. The molecule has 2 aromatic rings. The molecule has 1 aliphatic rings. The molecule has 1 saturated heterocycles. The molecular formula is C20H23N3O5. The second-order valence-electron chi connectivity index (χ2n) is 6.43. The van der Waals surface area contributed by atoms with Crippen LogP contribution in [0.4, 0.5) is 11.4 Å². The lowest BCUT2D eigenvalue weighted by atomic mass is 10.2. The largest absolute Gasteiger partial charge is 0.451 e. The Labute approximate surface area is 162 Å². The second-order valence-corrected chi connectivity index (χ2v) is 6.43. The van der Waals surface area contributed by atoms with Crippen molar-refractivity contribution in [3.05, 3.63) is 59.0 Å². The number of nitrogens with one attached hydrogen (secondary N) is 1. The van der Waals surface area contributed by atoms with Gasteiger partial charge in [0, 0.05) is 36.7 Å². The molecule has 1 atom stereocenters. The number of morpholine rings is 1. The summed E-state index contributed by atoms with van der Waals surface area (Å²) in [6.45, 7) is 4.33. The Kier molecular flexibility index (Phi) is 6.44. The van der Waals surface area contributed by atoms with Crippen molar-refractivity contribution in [2.45, 2.75) is 19.6 Å². The number of nitrogens with zero attached hydrogens (tertiary/aromatic N) is 2. The minimum atomic E-state index is -0.981. The molecule has 28 heavy (non-hydrogen) atoms. The van der Waals surface area contributed by atoms with Crippen LogP contribution >= 0.6 is 0 Å². The van der Waals surface area contributed by atoms with Gasteiger partial charge in [-0.05, 0) is 37.3 Å². The van der Waals surface area contributed by atoms with E-state index >= 15 is 0 Å². The Bertz CT molecular complexity index is 872. The number of pyridine rings is 1. The van der Waals surface area contributed by atoms with E-state index in [-0.39, 0.29) is 12.1 Å². The van der Waals surface area contributed by atoms with Crippen LogP contribution in [0.1, 0.15) is 6.92 Å². The van der Waals surface area contributed by atoms with Crippen molar-refractivity contribution in [3.8, 4) is 0 Å². The Morgan fingerprint density at radius 3 is 2.54 bits per heavy atom. The van der Waals surface area contributed by atoms with Crippen molar-refractivity contribution >= 4 is 23.3 Å². The van der Waals surface area contributed by atoms with Gasteiger partial charge >= 0.3 is 5.97 Å². The second kappa shape index (κ2) is 9.18. The van der Waals surface area contributed by atoms with Crippen molar-refractivity contribution < 1.29 is 19.1 Å². The molecule has 3 rings (SSSR count). The Balaban J connectivity index is 1.51. The molecule has 1 aromatic heterocycles. The number of ether oxygens (including phenoxy) is 2. The topological polar surface area (TPSA) is 89.9 Å². The van der Waals surface area contributed by atoms with Gasteiger partial charge in [0.05, 0.1) is 13.2 Å². The zero-order valence-electron chi connectivity index (χ0n) is 15.7. The summed E-state index contributed by atoms with van der Waals surface area (Å²) in [5.41, 5.74) is 1.37. The van der Waals surface area contributed by atoms with Crippen LogP contribution in [0.3, 0.4) is 0 Å². The van der Waals surface area contributed by atoms with Gasteiger partial charge in [0.15, 0.2) is 6.10 Å². The van der Waals surface area contributed by atoms with Gasteiger partial charge in [-0.2, -0.15) is 0 Å². The fourth-order valence-electron chi connectivity index (χ4n) is 2.84. The monoisotopic (exact) mass is 385 g/mol. The summed E-state index contributed by atoms with van der Waals surface area (Å²) in [4.78, 5) is 38.1. The first kappa shape index (κ1) is 19.6. The number of carbonyl (C=O) groups is 2. The summed E-state index contributed by atoms with van der Waals surface area (Å²) in [5.74, 6) is -1.09. The predicted octanol–water partition coefficient (Wildman–Crippen LogP) is 1.26. The zero-order valence-corrected chi connectivity index (χ0v) is 15.7. The van der Waals surface area contributed by atoms with E-state index in [1.54, 1.807) is 24.3 Å². The maximum absolute atomic E-state index is 12.3. The average molecular weight is 385 g/mol. The first-order valence-electron chi connectivity index (χ1n) is 9.11. The van der Waals surface area contributed by atoms with Gasteiger partial charge in [-0.1, -0.05) is 6.07 Å². The highest BCUT2D eigenvalue weighted by atomic mass is 16.5. The highest BCUT2D eigenvalue weighted by molar-refractivity contribution is 5.95. The van der Waals surface area contributed by atoms with Crippen LogP contribution in [0.2, 0.25) is 0 Å². The molecular weight excluding hydrogens is 362 g/mol. The van der Waals surface area contributed by atoms with Gasteiger partial charge in [-0.15, -0.1) is 0 Å². The lowest BCUT2D eigenvalue weighted by Gasteiger charge is -2.28. The van der Waals surface area contributed by atoms with E-state index in [1.807, 2.05) is 12.1 Å². The van der Waals surface area contributed by atoms with Crippen molar-refractivity contribution in [1.29, 1.82) is 0 Å². The standard InChI is InChI=1S/C20H23N3O5/c1-15(28-19(25)14-23-9-3-2-4-18(23)24)20(26)21-16-5-7-17(8-6-16)22-10-12-27-13-11-22/h2-9,15H,10-14H2,1H3,(H,21,26)/t15-/m0/s1. The predicted molar refractivity (Wildman–Crippen MR) is 104 cm³/mol. The summed E-state index contributed by atoms with van der Waals surface area (Å²) < 4.78 is 11.7. The minimum Gasteiger partial charge on any atom is -0.451 e. The minimum absolute atomic E-state index is 0.245. The summed E-state index contributed by atoms with van der Waals surface area (Å²) in [5, 5.41) is 2.72. The fourth-order valence-corrected chi connectivity index (χ4v) is 2.84. The van der Waals surface area contributed by atoms with E-state index < -0.39 is 18.0 Å². The van der Waals surface area contributed by atoms with Crippen LogP contribution in [0.25, 0.3) is 0 Å². The van der Waals surface area contributed by atoms with E-state index in [1.165, 1.54) is 23.8 Å². The molecule has 0 spiro atoms. The van der Waals surface area contributed by atoms with Crippen LogP contribution < -0.4 is 15.8 Å². The van der Waals surface area contributed by atoms with Crippen LogP contribution in [0.15, 0.2) is 53.5 Å². The maximum Gasteiger partial charge on any atom is 0.326 e. The van der Waals surface area contributed by atoms with E-state index in [0.717, 1.165) is 18.8 Å². The quantitative estimate of drug-likeness (QED) is 0.753. The van der Waals surface area contributed by atoms with Gasteiger partial charge in [0.25, 0.3) is 11.5 Å². The Morgan fingerprint density at radius 1 is 1.14 bits per heavy atom. The molecule has 0 saturated carbocycles. The Hall–Kier alpha value is -3.13. The van der Waals surface area contributed by atoms with Crippen LogP contribution in [-0.4, -0.2) is 48.9 Å². The molecule has 1 N–H and O–H groups in total. The number of esters is 1. The number of carbonyl (C=O) groups excluding carboxylic acids is 2. The molecule has 1 amide bonds. The number of rotatable bonds is 6. The first-order valence-corrected chi connectivity index (χ1v) is 9.11. The summed E-state index contributed by atoms with van der Waals surface area (Å²) >= 11 is 0. The average Bonchev–Trinajstić information content (AvgIpc) is 2.71. The molecule has 1 aromatic carbocycles. The smallest absolute Gasteiger partial charge is 0.326 e. The van der Waals surface area contributed by atoms with Crippen molar-refractivity contribution in [1.82, 2.24) is 4.57 Å². The Morgan fingerprint density at radius 2 is 1.86 bits per heavy atom. The van der Waals surface area contributed by atoms with Crippen molar-refractivity contribution in [2.75, 3.05) is 36.5 Å². The SMILES string of the molecule is C[C@H](OC(=O)Cn1ccccc1=O)C(=O)Nc1ccc(N2CCOCC2)cc1. The fraction of sp³-hybridized carbons (Fsp3) is 0.350. The van der Waals surface area contributed by atoms with Gasteiger partial charge in [-0.25, -0.2) is 0 Å². The molecule has 0 radical (unpaired) electrons. The van der Waals surface area contributed by atoms with E-state index in [0.29, 0.717) is 18.9 Å². The van der Waals surface area contributed by atoms with Crippen LogP contribution in [0.5, 0.6) is 0 Å². The number of hydrogen-bond acceptors (Lipinski definition) is 6. The molecule has 1 aliphatic heterocycles. The summed E-state index contributed by atoms with van der Waals surface area (Å²) in [6.07, 6.45) is 0.510. The lowest BCUT2D eigenvalue weighted by Crippen LogP contribution is -2.36. The number of anilines is 2. The molecule has 0 bridgehead atoms. The van der Waals surface area contributed by atoms with Crippen molar-refractivity contribution in [3.63, 3.8) is 0 Å². The molecule has 148 valence electrons. The number of aromatic nitrogens is 1. The molecule has 8 heteroatoms. The van der Waals surface area contributed by atoms with Crippen LogP contribution in [-0.2, 0) is 25.6 Å². The third kappa shape index (κ3) is 5.20. The van der Waals surface area contributed by atoms with Gasteiger partial charge in [-0.3, -0.25) is 14.4 Å². The first-order chi connectivity index (χ1) is 13.5. The normalized spacial score (nSPS) is 15.0. The number of hydrogen-bond donors (Lipinski definition) is 1. The molecule has 8 nitrogen and oxygen atoms in total. The van der Waals surface area contributed by atoms with Crippen molar-refractivity contribution in [2.24, 2.45) is 0 Å². The highest BCUT2D eigenvalue weighted by Gasteiger charge is 2.19. The lowest BCUT2D eigenvalue weighted by molar-refractivity contribution is -0.153. The van der Waals surface area contributed by atoms with Gasteiger partial charge in [0.2, 0.25) is 0 Å². The van der Waals surface area contributed by atoms with Crippen LogP contribution in [0, 0.1) is 0 Å². The van der Waals surface area contributed by atoms with E-state index in [2.05, 4.69) is 10.2 Å². The van der Waals surface area contributed by atoms with Gasteiger partial charge < -0.3 is 24.3 Å². The maximum atomic E-state index is 12.3. The summed E-state index contributed by atoms with van der Waals surface area (Å²) in [6, 6.07) is 12.1. The molecule has 1 fully saturated rings. The highest BCUT2D eigenvalue weighted by Crippen LogP contribution is 2.19. The molecule has 2 heterocycles. The van der Waals surface area contributed by atoms with E-state index in [9.17, 15) is 14.4 Å². The molecule has 0 unspecified atom stereocenters. The van der Waals surface area contributed by atoms with E-state index in [4.69, 9.17) is 9.47 Å². The summed E-state index contributed by atoms with van der Waals surface area (Å²) in [7, 11) is 0. The third-order valence-electron chi connectivity index (χ3n) is 4.39. The van der Waals surface area contributed by atoms with Gasteiger partial charge in [0.1, 0.15) is 6.54 Å².